The lowest BCUT2D eigenvalue weighted by Crippen LogP contribution is -2.30. The molecule has 1 N–H and O–H groups in total. The van der Waals surface area contributed by atoms with E-state index >= 15 is 0 Å². The van der Waals surface area contributed by atoms with E-state index in [9.17, 15) is 14.7 Å². The van der Waals surface area contributed by atoms with Crippen LogP contribution in [-0.2, 0) is 9.59 Å². The topological polar surface area (TPSA) is 66.8 Å². The Bertz CT molecular complexity index is 1230. The molecule has 1 unspecified atom stereocenters. The van der Waals surface area contributed by atoms with Crippen LogP contribution in [0.3, 0.4) is 0 Å². The molecule has 0 aromatic heterocycles. The monoisotopic (exact) mass is 449 g/mol. The molecule has 0 saturated carbocycles. The zero-order valence-electron chi connectivity index (χ0n) is 18.0. The molecule has 1 amide bonds. The number of nitrogens with zero attached hydrogens (tertiary/aromatic N) is 1. The number of benzene rings is 3. The molecule has 0 spiro atoms. The van der Waals surface area contributed by atoms with Gasteiger partial charge in [0, 0.05) is 12.1 Å². The van der Waals surface area contributed by atoms with Crippen molar-refractivity contribution in [3.8, 4) is 5.75 Å². The van der Waals surface area contributed by atoms with E-state index < -0.39 is 17.7 Å². The molecular formula is C26H24ClNO4. The zero-order valence-corrected chi connectivity index (χ0v) is 18.7. The van der Waals surface area contributed by atoms with Crippen molar-refractivity contribution in [3.63, 3.8) is 0 Å². The Morgan fingerprint density at radius 3 is 2.59 bits per heavy atom. The number of likely N-dealkylation sites (tertiary alicyclic amines) is 1. The van der Waals surface area contributed by atoms with E-state index in [0.717, 1.165) is 29.2 Å². The van der Waals surface area contributed by atoms with Crippen molar-refractivity contribution in [2.45, 2.75) is 25.8 Å². The summed E-state index contributed by atoms with van der Waals surface area (Å²) >= 11 is 6.13. The van der Waals surface area contributed by atoms with Gasteiger partial charge in [-0.2, -0.15) is 0 Å². The molecule has 5 nitrogen and oxygen atoms in total. The summed E-state index contributed by atoms with van der Waals surface area (Å²) in [5.74, 6) is -1.16. The van der Waals surface area contributed by atoms with Crippen LogP contribution in [0.25, 0.3) is 16.5 Å². The highest BCUT2D eigenvalue weighted by Crippen LogP contribution is 2.42. The van der Waals surface area contributed by atoms with E-state index in [1.807, 2.05) is 49.4 Å². The molecule has 0 radical (unpaired) electrons. The minimum absolute atomic E-state index is 0.0758. The number of Topliss-reactive ketones (excluding diaryl/α,β-unsaturated/α-hetero) is 1. The number of methoxy groups -OCH3 is 1. The lowest BCUT2D eigenvalue weighted by molar-refractivity contribution is -0.139. The van der Waals surface area contributed by atoms with Crippen molar-refractivity contribution in [1.29, 1.82) is 0 Å². The first-order chi connectivity index (χ1) is 15.5. The highest BCUT2D eigenvalue weighted by Gasteiger charge is 2.46. The van der Waals surface area contributed by atoms with Gasteiger partial charge in [0.15, 0.2) is 0 Å². The molecule has 164 valence electrons. The summed E-state index contributed by atoms with van der Waals surface area (Å²) in [6.07, 6.45) is 1.63. The summed E-state index contributed by atoms with van der Waals surface area (Å²) in [5.41, 5.74) is 1.25. The van der Waals surface area contributed by atoms with Crippen molar-refractivity contribution in [1.82, 2.24) is 4.90 Å². The van der Waals surface area contributed by atoms with Gasteiger partial charge in [0.2, 0.25) is 0 Å². The first kappa shape index (κ1) is 21.9. The van der Waals surface area contributed by atoms with Gasteiger partial charge in [-0.05, 0) is 41.0 Å². The Labute approximate surface area is 191 Å². The molecule has 1 saturated heterocycles. The Morgan fingerprint density at radius 1 is 1.09 bits per heavy atom. The maximum absolute atomic E-state index is 13.2. The van der Waals surface area contributed by atoms with Gasteiger partial charge in [-0.15, -0.1) is 0 Å². The van der Waals surface area contributed by atoms with Crippen molar-refractivity contribution >= 4 is 39.8 Å². The number of rotatable bonds is 6. The number of carbonyl (C=O) groups is 2. The molecule has 3 aromatic carbocycles. The lowest BCUT2D eigenvalue weighted by atomic mass is 9.91. The Balaban J connectivity index is 1.96. The number of aliphatic hydroxyl groups is 1. The second kappa shape index (κ2) is 9.05. The third-order valence-corrected chi connectivity index (χ3v) is 6.15. The number of unbranched alkanes of at least 4 members (excludes halogenated alkanes) is 1. The van der Waals surface area contributed by atoms with Crippen LogP contribution >= 0.6 is 11.6 Å². The van der Waals surface area contributed by atoms with Crippen LogP contribution in [0.2, 0.25) is 5.02 Å². The average molecular weight is 450 g/mol. The fraction of sp³-hybridized carbons (Fsp3) is 0.231. The average Bonchev–Trinajstić information content (AvgIpc) is 3.06. The van der Waals surface area contributed by atoms with Gasteiger partial charge in [0.05, 0.1) is 23.7 Å². The van der Waals surface area contributed by atoms with Crippen LogP contribution in [0.5, 0.6) is 5.75 Å². The minimum atomic E-state index is -0.689. The van der Waals surface area contributed by atoms with Gasteiger partial charge in [0.25, 0.3) is 11.7 Å². The molecule has 1 atom stereocenters. The molecule has 32 heavy (non-hydrogen) atoms. The van der Waals surface area contributed by atoms with Crippen LogP contribution in [0, 0.1) is 0 Å². The minimum Gasteiger partial charge on any atom is -0.507 e. The van der Waals surface area contributed by atoms with Crippen molar-refractivity contribution in [3.05, 3.63) is 82.4 Å². The highest BCUT2D eigenvalue weighted by molar-refractivity contribution is 6.46. The number of ether oxygens (including phenoxy) is 1. The van der Waals surface area contributed by atoms with Crippen molar-refractivity contribution < 1.29 is 19.4 Å². The molecule has 1 heterocycles. The molecule has 0 aliphatic carbocycles. The third kappa shape index (κ3) is 3.73. The second-order valence-corrected chi connectivity index (χ2v) is 8.17. The standard InChI is InChI=1S/C26H24ClNO4/c1-3-4-14-28-23(19-11-7-9-16-8-5-6-10-18(16)19)22(25(30)26(28)31)24(29)17-12-13-20(27)21(15-17)32-2/h5-13,15,23,29H,3-4,14H2,1-2H3/b24-22-. The number of hydrogen-bond acceptors (Lipinski definition) is 4. The zero-order chi connectivity index (χ0) is 22.8. The van der Waals surface area contributed by atoms with E-state index in [2.05, 4.69) is 0 Å². The molecule has 1 aliphatic rings. The van der Waals surface area contributed by atoms with E-state index in [-0.39, 0.29) is 11.3 Å². The summed E-state index contributed by atoms with van der Waals surface area (Å²) in [7, 11) is 1.48. The van der Waals surface area contributed by atoms with Crippen molar-refractivity contribution in [2.24, 2.45) is 0 Å². The van der Waals surface area contributed by atoms with Gasteiger partial charge >= 0.3 is 0 Å². The summed E-state index contributed by atoms with van der Waals surface area (Å²) in [6, 6.07) is 17.7. The van der Waals surface area contributed by atoms with Gasteiger partial charge in [-0.3, -0.25) is 9.59 Å². The maximum Gasteiger partial charge on any atom is 0.295 e. The number of hydrogen-bond donors (Lipinski definition) is 1. The SMILES string of the molecule is CCCCN1C(=O)C(=O)/C(=C(\O)c2ccc(Cl)c(OC)c2)C1c1cccc2ccccc12. The second-order valence-electron chi connectivity index (χ2n) is 7.76. The molecule has 1 aliphatic heterocycles. The predicted octanol–water partition coefficient (Wildman–Crippen LogP) is 5.72. The molecule has 6 heteroatoms. The molecular weight excluding hydrogens is 426 g/mol. The van der Waals surface area contributed by atoms with Crippen LogP contribution in [-0.4, -0.2) is 35.4 Å². The van der Waals surface area contributed by atoms with Crippen LogP contribution < -0.4 is 4.74 Å². The number of halogens is 1. The van der Waals surface area contributed by atoms with E-state index in [4.69, 9.17) is 16.3 Å². The highest BCUT2D eigenvalue weighted by atomic mass is 35.5. The summed E-state index contributed by atoms with van der Waals surface area (Å²) < 4.78 is 5.26. The Hall–Kier alpha value is -3.31. The van der Waals surface area contributed by atoms with Crippen LogP contribution in [0.1, 0.15) is 36.9 Å². The number of amides is 1. The number of aliphatic hydroxyl groups excluding tert-OH is 1. The fourth-order valence-corrected chi connectivity index (χ4v) is 4.41. The predicted molar refractivity (Wildman–Crippen MR) is 126 cm³/mol. The van der Waals surface area contributed by atoms with Crippen LogP contribution in [0.15, 0.2) is 66.2 Å². The number of carbonyl (C=O) groups excluding carboxylic acids is 2. The summed E-state index contributed by atoms with van der Waals surface area (Å²) in [5, 5.41) is 13.6. The quantitative estimate of drug-likeness (QED) is 0.297. The van der Waals surface area contributed by atoms with Gasteiger partial charge in [-0.25, -0.2) is 0 Å². The summed E-state index contributed by atoms with van der Waals surface area (Å²) in [6.45, 7) is 2.46. The lowest BCUT2D eigenvalue weighted by Gasteiger charge is -2.26. The molecule has 0 bridgehead atoms. The number of ketones is 1. The molecule has 3 aromatic rings. The van der Waals surface area contributed by atoms with Gasteiger partial charge in [-0.1, -0.05) is 67.4 Å². The van der Waals surface area contributed by atoms with Crippen molar-refractivity contribution in [2.75, 3.05) is 13.7 Å². The normalized spacial score (nSPS) is 17.8. The van der Waals surface area contributed by atoms with E-state index in [1.165, 1.54) is 7.11 Å². The van der Waals surface area contributed by atoms with Crippen LogP contribution in [0.4, 0.5) is 0 Å². The maximum atomic E-state index is 13.2. The summed E-state index contributed by atoms with van der Waals surface area (Å²) in [4.78, 5) is 27.8. The van der Waals surface area contributed by atoms with Gasteiger partial charge in [0.1, 0.15) is 11.5 Å². The number of fused-ring (bicyclic) bond motifs is 1. The Kier molecular flexibility index (Phi) is 6.19. The van der Waals surface area contributed by atoms with E-state index in [1.54, 1.807) is 23.1 Å². The first-order valence-electron chi connectivity index (χ1n) is 10.6. The Morgan fingerprint density at radius 2 is 1.84 bits per heavy atom. The fourth-order valence-electron chi connectivity index (χ4n) is 4.21. The molecule has 1 fully saturated rings. The third-order valence-electron chi connectivity index (χ3n) is 5.84. The van der Waals surface area contributed by atoms with Gasteiger partial charge < -0.3 is 14.7 Å². The smallest absolute Gasteiger partial charge is 0.295 e. The van der Waals surface area contributed by atoms with E-state index in [0.29, 0.717) is 22.9 Å². The molecule has 4 rings (SSSR count). The largest absolute Gasteiger partial charge is 0.507 e. The first-order valence-corrected chi connectivity index (χ1v) is 11.0.